The van der Waals surface area contributed by atoms with Crippen LogP contribution < -0.4 is 10.9 Å². The van der Waals surface area contributed by atoms with Crippen molar-refractivity contribution < 1.29 is 4.79 Å². The number of amides is 1. The Morgan fingerprint density at radius 3 is 2.84 bits per heavy atom. The fourth-order valence-electron chi connectivity index (χ4n) is 2.78. The molecule has 0 aliphatic rings. The third kappa shape index (κ3) is 3.76. The van der Waals surface area contributed by atoms with E-state index < -0.39 is 0 Å². The van der Waals surface area contributed by atoms with E-state index in [4.69, 9.17) is 0 Å². The molecule has 1 atom stereocenters. The molecule has 0 unspecified atom stereocenters. The predicted molar refractivity (Wildman–Crippen MR) is 94.5 cm³/mol. The summed E-state index contributed by atoms with van der Waals surface area (Å²) in [6.45, 7) is 4.40. The maximum atomic E-state index is 12.4. The number of nitrogens with one attached hydrogen (secondary N) is 2. The molecule has 0 saturated heterocycles. The topological polar surface area (TPSA) is 92.2 Å². The molecule has 1 amide bonds. The minimum absolute atomic E-state index is 0.0729. The molecule has 0 spiro atoms. The Labute approximate surface area is 145 Å². The molecule has 25 heavy (non-hydrogen) atoms. The number of hydrogen-bond acceptors (Lipinski definition) is 4. The SMILES string of the molecule is Cc1nc2nc[nH]n2c(=O)c1CCC(=O)NC[C@@H](C)c1ccccc1. The molecule has 0 aliphatic heterocycles. The summed E-state index contributed by atoms with van der Waals surface area (Å²) in [4.78, 5) is 32.8. The Balaban J connectivity index is 1.58. The number of aryl methyl sites for hydroxylation is 1. The third-order valence-corrected chi connectivity index (χ3v) is 4.31. The monoisotopic (exact) mass is 339 g/mol. The van der Waals surface area contributed by atoms with Gasteiger partial charge < -0.3 is 5.32 Å². The fraction of sp³-hybridized carbons (Fsp3) is 0.333. The minimum Gasteiger partial charge on any atom is -0.355 e. The van der Waals surface area contributed by atoms with Crippen molar-refractivity contribution >= 4 is 11.7 Å². The van der Waals surface area contributed by atoms with Gasteiger partial charge in [-0.1, -0.05) is 37.3 Å². The highest BCUT2D eigenvalue weighted by Gasteiger charge is 2.13. The first-order chi connectivity index (χ1) is 12.1. The molecule has 3 rings (SSSR count). The maximum Gasteiger partial charge on any atom is 0.277 e. The standard InChI is InChI=1S/C18H21N5O2/c1-12(14-6-4-3-5-7-14)10-19-16(24)9-8-15-13(2)22-18-20-11-21-23(18)17(15)25/h3-7,11-12H,8-10H2,1-2H3,(H,19,24)(H,20,21,22)/t12-/m1/s1. The molecule has 0 saturated carbocycles. The summed E-state index contributed by atoms with van der Waals surface area (Å²) < 4.78 is 1.29. The molecule has 0 aliphatic carbocycles. The third-order valence-electron chi connectivity index (χ3n) is 4.31. The number of carbonyl (C=O) groups is 1. The average Bonchev–Trinajstić information content (AvgIpc) is 3.08. The van der Waals surface area contributed by atoms with Crippen LogP contribution in [0.25, 0.3) is 5.78 Å². The molecule has 2 N–H and O–H groups in total. The van der Waals surface area contributed by atoms with Gasteiger partial charge in [0.1, 0.15) is 6.33 Å². The van der Waals surface area contributed by atoms with E-state index in [2.05, 4.69) is 27.3 Å². The number of carbonyl (C=O) groups excluding carboxylic acids is 1. The lowest BCUT2D eigenvalue weighted by Crippen LogP contribution is -2.29. The van der Waals surface area contributed by atoms with Crippen LogP contribution >= 0.6 is 0 Å². The summed E-state index contributed by atoms with van der Waals surface area (Å²) in [6.07, 6.45) is 2.02. The van der Waals surface area contributed by atoms with Crippen LogP contribution in [-0.2, 0) is 11.2 Å². The summed E-state index contributed by atoms with van der Waals surface area (Å²) in [5.41, 5.74) is 2.13. The van der Waals surface area contributed by atoms with Crippen molar-refractivity contribution in [3.63, 3.8) is 0 Å². The Bertz CT molecular complexity index is 930. The number of benzene rings is 1. The van der Waals surface area contributed by atoms with Gasteiger partial charge in [0, 0.05) is 18.5 Å². The highest BCUT2D eigenvalue weighted by atomic mass is 16.1. The molecule has 0 radical (unpaired) electrons. The van der Waals surface area contributed by atoms with Crippen molar-refractivity contribution in [3.05, 3.63) is 63.8 Å². The van der Waals surface area contributed by atoms with Crippen LogP contribution in [0.1, 0.15) is 36.1 Å². The van der Waals surface area contributed by atoms with Crippen LogP contribution in [0.4, 0.5) is 0 Å². The van der Waals surface area contributed by atoms with Crippen molar-refractivity contribution in [2.24, 2.45) is 0 Å². The van der Waals surface area contributed by atoms with Gasteiger partial charge in [0.25, 0.3) is 11.3 Å². The number of H-pyrrole nitrogens is 1. The van der Waals surface area contributed by atoms with Gasteiger partial charge in [0.15, 0.2) is 0 Å². The number of nitrogens with zero attached hydrogens (tertiary/aromatic N) is 3. The van der Waals surface area contributed by atoms with Crippen LogP contribution in [0, 0.1) is 6.92 Å². The van der Waals surface area contributed by atoms with Crippen molar-refractivity contribution in [2.75, 3.05) is 6.54 Å². The molecule has 2 heterocycles. The second-order valence-electron chi connectivity index (χ2n) is 6.12. The Hall–Kier alpha value is -2.96. The van der Waals surface area contributed by atoms with Gasteiger partial charge in [-0.25, -0.2) is 9.97 Å². The largest absolute Gasteiger partial charge is 0.355 e. The van der Waals surface area contributed by atoms with Gasteiger partial charge in [0.05, 0.1) is 5.69 Å². The maximum absolute atomic E-state index is 12.4. The quantitative estimate of drug-likeness (QED) is 0.713. The van der Waals surface area contributed by atoms with E-state index in [1.807, 2.05) is 30.3 Å². The van der Waals surface area contributed by atoms with Crippen molar-refractivity contribution in [3.8, 4) is 0 Å². The van der Waals surface area contributed by atoms with Crippen LogP contribution in [0.15, 0.2) is 41.5 Å². The van der Waals surface area contributed by atoms with E-state index in [-0.39, 0.29) is 23.8 Å². The van der Waals surface area contributed by atoms with Crippen LogP contribution in [0.2, 0.25) is 0 Å². The number of hydrogen-bond donors (Lipinski definition) is 2. The molecule has 3 aromatic rings. The van der Waals surface area contributed by atoms with Gasteiger partial charge in [-0.05, 0) is 24.8 Å². The second kappa shape index (κ2) is 7.29. The molecule has 7 nitrogen and oxygen atoms in total. The zero-order valence-electron chi connectivity index (χ0n) is 14.3. The van der Waals surface area contributed by atoms with E-state index in [0.29, 0.717) is 30.0 Å². The van der Waals surface area contributed by atoms with Crippen molar-refractivity contribution in [1.82, 2.24) is 24.9 Å². The number of aromatic amines is 1. The molecular formula is C18H21N5O2. The van der Waals surface area contributed by atoms with Crippen LogP contribution in [0.3, 0.4) is 0 Å². The predicted octanol–water partition coefficient (Wildman–Crippen LogP) is 1.58. The lowest BCUT2D eigenvalue weighted by Gasteiger charge is -2.13. The van der Waals surface area contributed by atoms with Crippen LogP contribution in [-0.4, -0.2) is 32.0 Å². The average molecular weight is 339 g/mol. The van der Waals surface area contributed by atoms with Gasteiger partial charge in [-0.3, -0.25) is 14.7 Å². The van der Waals surface area contributed by atoms with Gasteiger partial charge in [0.2, 0.25) is 5.91 Å². The first kappa shape index (κ1) is 16.9. The highest BCUT2D eigenvalue weighted by Crippen LogP contribution is 2.13. The van der Waals surface area contributed by atoms with E-state index >= 15 is 0 Å². The summed E-state index contributed by atoms with van der Waals surface area (Å²) in [5, 5.41) is 5.67. The zero-order valence-corrected chi connectivity index (χ0v) is 14.3. The Morgan fingerprint density at radius 1 is 1.32 bits per heavy atom. The van der Waals surface area contributed by atoms with E-state index in [9.17, 15) is 9.59 Å². The second-order valence-corrected chi connectivity index (χ2v) is 6.12. The fourth-order valence-corrected chi connectivity index (χ4v) is 2.78. The molecular weight excluding hydrogens is 318 g/mol. The molecule has 0 bridgehead atoms. The smallest absolute Gasteiger partial charge is 0.277 e. The number of fused-ring (bicyclic) bond motifs is 1. The Morgan fingerprint density at radius 2 is 2.08 bits per heavy atom. The molecule has 2 aromatic heterocycles. The van der Waals surface area contributed by atoms with E-state index in [1.165, 1.54) is 16.4 Å². The van der Waals surface area contributed by atoms with Crippen molar-refractivity contribution in [2.45, 2.75) is 32.6 Å². The lowest BCUT2D eigenvalue weighted by atomic mass is 10.0. The number of aromatic nitrogens is 4. The first-order valence-corrected chi connectivity index (χ1v) is 8.29. The minimum atomic E-state index is -0.203. The molecule has 1 aromatic carbocycles. The Kier molecular flexibility index (Phi) is 4.92. The lowest BCUT2D eigenvalue weighted by molar-refractivity contribution is -0.121. The van der Waals surface area contributed by atoms with Crippen molar-refractivity contribution in [1.29, 1.82) is 0 Å². The van der Waals surface area contributed by atoms with E-state index in [0.717, 1.165) is 0 Å². The number of rotatable bonds is 6. The van der Waals surface area contributed by atoms with Gasteiger partial charge in [-0.15, -0.1) is 0 Å². The molecule has 130 valence electrons. The molecule has 0 fully saturated rings. The van der Waals surface area contributed by atoms with Gasteiger partial charge in [-0.2, -0.15) is 4.52 Å². The first-order valence-electron chi connectivity index (χ1n) is 8.29. The van der Waals surface area contributed by atoms with Gasteiger partial charge >= 0.3 is 0 Å². The van der Waals surface area contributed by atoms with E-state index in [1.54, 1.807) is 6.92 Å². The summed E-state index contributed by atoms with van der Waals surface area (Å²) in [5.74, 6) is 0.504. The molecule has 7 heteroatoms. The summed E-state index contributed by atoms with van der Waals surface area (Å²) >= 11 is 0. The normalized spacial score (nSPS) is 12.2. The summed E-state index contributed by atoms with van der Waals surface area (Å²) in [7, 11) is 0. The summed E-state index contributed by atoms with van der Waals surface area (Å²) in [6, 6.07) is 10.0. The van der Waals surface area contributed by atoms with Crippen LogP contribution in [0.5, 0.6) is 0 Å². The zero-order chi connectivity index (χ0) is 17.8. The highest BCUT2D eigenvalue weighted by molar-refractivity contribution is 5.76.